The number of carbonyl (C=O) groups is 1. The van der Waals surface area contributed by atoms with Gasteiger partial charge in [-0.1, -0.05) is 12.1 Å². The zero-order valence-electron chi connectivity index (χ0n) is 11.6. The van der Waals surface area contributed by atoms with E-state index in [1.54, 1.807) is 12.1 Å². The molecular weight excluding hydrogens is 287 g/mol. The van der Waals surface area contributed by atoms with Gasteiger partial charge in [0.2, 0.25) is 0 Å². The molecule has 3 rings (SSSR count). The summed E-state index contributed by atoms with van der Waals surface area (Å²) in [6, 6.07) is 10.3. The molecule has 1 aliphatic rings. The predicted octanol–water partition coefficient (Wildman–Crippen LogP) is 3.04. The van der Waals surface area contributed by atoms with Crippen molar-refractivity contribution in [2.45, 2.75) is 18.9 Å². The lowest BCUT2D eigenvalue weighted by molar-refractivity contribution is 0.0935. The summed E-state index contributed by atoms with van der Waals surface area (Å²) in [7, 11) is 0. The van der Waals surface area contributed by atoms with Gasteiger partial charge in [-0.25, -0.2) is 4.39 Å². The highest BCUT2D eigenvalue weighted by atomic mass is 32.1. The number of benzene rings is 1. The topological polar surface area (TPSA) is 41.1 Å². The first-order valence-electron chi connectivity index (χ1n) is 7.10. The molecule has 0 saturated carbocycles. The van der Waals surface area contributed by atoms with Gasteiger partial charge < -0.3 is 10.6 Å². The minimum Gasteiger partial charge on any atom is -0.347 e. The first kappa shape index (κ1) is 14.2. The van der Waals surface area contributed by atoms with Gasteiger partial charge in [-0.2, -0.15) is 0 Å². The molecule has 1 aromatic carbocycles. The van der Waals surface area contributed by atoms with E-state index < -0.39 is 0 Å². The van der Waals surface area contributed by atoms with Gasteiger partial charge >= 0.3 is 0 Å². The summed E-state index contributed by atoms with van der Waals surface area (Å²) in [6.07, 6.45) is 2.12. The van der Waals surface area contributed by atoms with Crippen molar-refractivity contribution >= 4 is 17.2 Å². The van der Waals surface area contributed by atoms with Crippen LogP contribution in [0.4, 0.5) is 4.39 Å². The Hall–Kier alpha value is -1.72. The fourth-order valence-electron chi connectivity index (χ4n) is 2.46. The standard InChI is InChI=1S/C16H17FN2OS/c17-12-5-3-11(4-6-12)14-7-8-15(21-14)16(20)19-13-2-1-9-18-10-13/h3-8,13,18H,1-2,9-10H2,(H,19,20)/t13-/m0/s1. The molecule has 1 amide bonds. The number of amides is 1. The van der Waals surface area contributed by atoms with Crippen LogP contribution in [0, 0.1) is 5.82 Å². The normalized spacial score (nSPS) is 18.4. The maximum Gasteiger partial charge on any atom is 0.261 e. The lowest BCUT2D eigenvalue weighted by Gasteiger charge is -2.23. The van der Waals surface area contributed by atoms with Crippen molar-refractivity contribution in [2.75, 3.05) is 13.1 Å². The van der Waals surface area contributed by atoms with E-state index in [-0.39, 0.29) is 17.8 Å². The monoisotopic (exact) mass is 304 g/mol. The van der Waals surface area contributed by atoms with Crippen LogP contribution in [0.15, 0.2) is 36.4 Å². The Labute approximate surface area is 127 Å². The van der Waals surface area contributed by atoms with Crippen LogP contribution in [0.25, 0.3) is 10.4 Å². The van der Waals surface area contributed by atoms with E-state index in [9.17, 15) is 9.18 Å². The van der Waals surface area contributed by atoms with E-state index in [2.05, 4.69) is 10.6 Å². The highest BCUT2D eigenvalue weighted by Crippen LogP contribution is 2.28. The number of piperidine rings is 1. The van der Waals surface area contributed by atoms with Crippen molar-refractivity contribution in [3.05, 3.63) is 47.1 Å². The fourth-order valence-corrected chi connectivity index (χ4v) is 3.38. The van der Waals surface area contributed by atoms with Crippen LogP contribution in [-0.2, 0) is 0 Å². The minimum absolute atomic E-state index is 0.0259. The van der Waals surface area contributed by atoms with Crippen LogP contribution in [0.1, 0.15) is 22.5 Å². The Morgan fingerprint density at radius 1 is 1.24 bits per heavy atom. The lowest BCUT2D eigenvalue weighted by atomic mass is 10.1. The number of hydrogen-bond donors (Lipinski definition) is 2. The van der Waals surface area contributed by atoms with Crippen molar-refractivity contribution in [1.82, 2.24) is 10.6 Å². The first-order valence-corrected chi connectivity index (χ1v) is 7.91. The van der Waals surface area contributed by atoms with Crippen LogP contribution in [-0.4, -0.2) is 25.0 Å². The molecule has 1 aliphatic heterocycles. The third kappa shape index (κ3) is 3.49. The molecule has 5 heteroatoms. The summed E-state index contributed by atoms with van der Waals surface area (Å²) >= 11 is 1.43. The third-order valence-corrected chi connectivity index (χ3v) is 4.72. The molecule has 2 N–H and O–H groups in total. The van der Waals surface area contributed by atoms with Crippen LogP contribution in [0.3, 0.4) is 0 Å². The van der Waals surface area contributed by atoms with Crippen molar-refractivity contribution < 1.29 is 9.18 Å². The third-order valence-electron chi connectivity index (χ3n) is 3.59. The average Bonchev–Trinajstić information content (AvgIpc) is 2.99. The smallest absolute Gasteiger partial charge is 0.261 e. The molecule has 110 valence electrons. The molecule has 1 atom stereocenters. The summed E-state index contributed by atoms with van der Waals surface area (Å²) < 4.78 is 12.9. The summed E-state index contributed by atoms with van der Waals surface area (Å²) in [5.74, 6) is -0.278. The first-order chi connectivity index (χ1) is 10.2. The van der Waals surface area contributed by atoms with Gasteiger partial charge in [-0.15, -0.1) is 11.3 Å². The fraction of sp³-hybridized carbons (Fsp3) is 0.312. The highest BCUT2D eigenvalue weighted by Gasteiger charge is 2.17. The number of thiophene rings is 1. The van der Waals surface area contributed by atoms with Gasteiger partial charge in [0.05, 0.1) is 4.88 Å². The molecule has 1 saturated heterocycles. The Morgan fingerprint density at radius 2 is 2.05 bits per heavy atom. The van der Waals surface area contributed by atoms with Crippen LogP contribution in [0.5, 0.6) is 0 Å². The molecule has 0 unspecified atom stereocenters. The van der Waals surface area contributed by atoms with Crippen molar-refractivity contribution in [1.29, 1.82) is 0 Å². The van der Waals surface area contributed by atoms with Gasteiger partial charge in [0.15, 0.2) is 0 Å². The molecule has 0 radical (unpaired) electrons. The predicted molar refractivity (Wildman–Crippen MR) is 83.1 cm³/mol. The van der Waals surface area contributed by atoms with Gasteiger partial charge in [-0.05, 0) is 49.2 Å². The summed E-state index contributed by atoms with van der Waals surface area (Å²) in [6.45, 7) is 1.86. The molecule has 0 aliphatic carbocycles. The average molecular weight is 304 g/mol. The summed E-state index contributed by atoms with van der Waals surface area (Å²) in [5.41, 5.74) is 0.930. The second-order valence-electron chi connectivity index (χ2n) is 5.19. The molecule has 0 spiro atoms. The molecule has 2 aromatic rings. The Kier molecular flexibility index (Phi) is 4.31. The van der Waals surface area contributed by atoms with E-state index in [0.29, 0.717) is 4.88 Å². The number of nitrogens with one attached hydrogen (secondary N) is 2. The second kappa shape index (κ2) is 6.37. The molecule has 1 aromatic heterocycles. The van der Waals surface area contributed by atoms with Crippen molar-refractivity contribution in [3.63, 3.8) is 0 Å². The van der Waals surface area contributed by atoms with Gasteiger partial charge in [-0.3, -0.25) is 4.79 Å². The molecule has 2 heterocycles. The van der Waals surface area contributed by atoms with Gasteiger partial charge in [0.25, 0.3) is 5.91 Å². The van der Waals surface area contributed by atoms with E-state index >= 15 is 0 Å². The zero-order valence-corrected chi connectivity index (χ0v) is 12.4. The molecule has 3 nitrogen and oxygen atoms in total. The second-order valence-corrected chi connectivity index (χ2v) is 6.27. The highest BCUT2D eigenvalue weighted by molar-refractivity contribution is 7.17. The van der Waals surface area contributed by atoms with E-state index in [1.807, 2.05) is 12.1 Å². The SMILES string of the molecule is O=C(N[C@H]1CCCNC1)c1ccc(-c2ccc(F)cc2)s1. The summed E-state index contributed by atoms with van der Waals surface area (Å²) in [5, 5.41) is 6.34. The zero-order chi connectivity index (χ0) is 14.7. The summed E-state index contributed by atoms with van der Waals surface area (Å²) in [4.78, 5) is 13.9. The number of carbonyl (C=O) groups excluding carboxylic acids is 1. The van der Waals surface area contributed by atoms with Gasteiger partial charge in [0.1, 0.15) is 5.82 Å². The molecular formula is C16H17FN2OS. The van der Waals surface area contributed by atoms with E-state index in [1.165, 1.54) is 23.5 Å². The van der Waals surface area contributed by atoms with Crippen LogP contribution >= 0.6 is 11.3 Å². The number of rotatable bonds is 3. The largest absolute Gasteiger partial charge is 0.347 e. The van der Waals surface area contributed by atoms with E-state index in [0.717, 1.165) is 36.4 Å². The molecule has 0 bridgehead atoms. The van der Waals surface area contributed by atoms with Gasteiger partial charge in [0, 0.05) is 17.5 Å². The van der Waals surface area contributed by atoms with E-state index in [4.69, 9.17) is 0 Å². The molecule has 1 fully saturated rings. The number of hydrogen-bond acceptors (Lipinski definition) is 3. The maximum atomic E-state index is 12.9. The maximum absolute atomic E-state index is 12.9. The lowest BCUT2D eigenvalue weighted by Crippen LogP contribution is -2.45. The van der Waals surface area contributed by atoms with Crippen molar-refractivity contribution in [2.24, 2.45) is 0 Å². The van der Waals surface area contributed by atoms with Crippen LogP contribution in [0.2, 0.25) is 0 Å². The van der Waals surface area contributed by atoms with Crippen LogP contribution < -0.4 is 10.6 Å². The molecule has 21 heavy (non-hydrogen) atoms. The van der Waals surface area contributed by atoms with Crippen molar-refractivity contribution in [3.8, 4) is 10.4 Å². The Morgan fingerprint density at radius 3 is 2.76 bits per heavy atom. The Bertz CT molecular complexity index is 617. The minimum atomic E-state index is -0.252. The Balaban J connectivity index is 1.69. The quantitative estimate of drug-likeness (QED) is 0.915. The number of halogens is 1.